The molecule has 1 aliphatic rings. The lowest BCUT2D eigenvalue weighted by molar-refractivity contribution is 0.0685. The zero-order valence-corrected chi connectivity index (χ0v) is 8.48. The summed E-state index contributed by atoms with van der Waals surface area (Å²) in [5.74, 6) is -1.36. The number of carboxylic acids is 1. The van der Waals surface area contributed by atoms with Gasteiger partial charge in [-0.2, -0.15) is 0 Å². The summed E-state index contributed by atoms with van der Waals surface area (Å²) in [5, 5.41) is 9.49. The van der Waals surface area contributed by atoms with Crippen LogP contribution in [0.25, 0.3) is 10.9 Å². The molecule has 1 N–H and O–H groups in total. The Kier molecular flexibility index (Phi) is 1.80. The standard InChI is InChI=1S/C12H10FNO2/c13-9-2-1-3-10-8(9)6-11(12(15)16)14(10)7-4-5-7/h1-3,6-7H,4-5H2,(H,15,16). The molecule has 3 nitrogen and oxygen atoms in total. The topological polar surface area (TPSA) is 42.2 Å². The maximum absolute atomic E-state index is 13.5. The van der Waals surface area contributed by atoms with Crippen molar-refractivity contribution in [2.24, 2.45) is 0 Å². The van der Waals surface area contributed by atoms with Crippen molar-refractivity contribution < 1.29 is 14.3 Å². The van der Waals surface area contributed by atoms with Crippen molar-refractivity contribution in [3.63, 3.8) is 0 Å². The normalized spacial score (nSPS) is 15.6. The number of aromatic carboxylic acids is 1. The molecule has 2 aromatic rings. The molecule has 1 aromatic heterocycles. The van der Waals surface area contributed by atoms with E-state index >= 15 is 0 Å². The molecule has 82 valence electrons. The predicted octanol–water partition coefficient (Wildman–Crippen LogP) is 2.81. The van der Waals surface area contributed by atoms with E-state index in [9.17, 15) is 9.18 Å². The number of rotatable bonds is 2. The SMILES string of the molecule is O=C(O)c1cc2c(F)cccc2n1C1CC1. The second-order valence-corrected chi connectivity index (χ2v) is 4.11. The molecule has 16 heavy (non-hydrogen) atoms. The maximum atomic E-state index is 13.5. The van der Waals surface area contributed by atoms with Gasteiger partial charge < -0.3 is 9.67 Å². The van der Waals surface area contributed by atoms with E-state index in [1.165, 1.54) is 12.1 Å². The Morgan fingerprint density at radius 1 is 1.44 bits per heavy atom. The number of nitrogens with zero attached hydrogens (tertiary/aromatic N) is 1. The van der Waals surface area contributed by atoms with Crippen LogP contribution in [0.3, 0.4) is 0 Å². The van der Waals surface area contributed by atoms with E-state index in [1.54, 1.807) is 16.7 Å². The maximum Gasteiger partial charge on any atom is 0.352 e. The number of carbonyl (C=O) groups is 1. The van der Waals surface area contributed by atoms with Gasteiger partial charge in [-0.1, -0.05) is 6.07 Å². The van der Waals surface area contributed by atoms with Gasteiger partial charge in [-0.25, -0.2) is 9.18 Å². The average Bonchev–Trinajstić information content (AvgIpc) is 2.99. The summed E-state index contributed by atoms with van der Waals surface area (Å²) in [7, 11) is 0. The molecular weight excluding hydrogens is 209 g/mol. The lowest BCUT2D eigenvalue weighted by Crippen LogP contribution is -2.06. The van der Waals surface area contributed by atoms with Crippen molar-refractivity contribution in [2.75, 3.05) is 0 Å². The number of aromatic nitrogens is 1. The highest BCUT2D eigenvalue weighted by Gasteiger charge is 2.29. The summed E-state index contributed by atoms with van der Waals surface area (Å²) >= 11 is 0. The molecular formula is C12H10FNO2. The monoisotopic (exact) mass is 219 g/mol. The third-order valence-electron chi connectivity index (χ3n) is 2.96. The molecule has 0 unspecified atom stereocenters. The largest absolute Gasteiger partial charge is 0.477 e. The molecule has 1 fully saturated rings. The molecule has 0 spiro atoms. The Morgan fingerprint density at radius 3 is 2.81 bits per heavy atom. The number of carboxylic acid groups (broad SMARTS) is 1. The first-order chi connectivity index (χ1) is 7.68. The van der Waals surface area contributed by atoms with Crippen LogP contribution in [0, 0.1) is 5.82 Å². The molecule has 0 atom stereocenters. The molecule has 0 bridgehead atoms. The number of fused-ring (bicyclic) bond motifs is 1. The fourth-order valence-electron chi connectivity index (χ4n) is 2.11. The van der Waals surface area contributed by atoms with Crippen LogP contribution in [0.1, 0.15) is 29.4 Å². The minimum absolute atomic E-state index is 0.183. The van der Waals surface area contributed by atoms with Crippen molar-refractivity contribution in [3.05, 3.63) is 35.8 Å². The fourth-order valence-corrected chi connectivity index (χ4v) is 2.11. The van der Waals surface area contributed by atoms with Gasteiger partial charge in [-0.15, -0.1) is 0 Å². The van der Waals surface area contributed by atoms with Gasteiger partial charge in [0.15, 0.2) is 0 Å². The van der Waals surface area contributed by atoms with Gasteiger partial charge in [0, 0.05) is 11.4 Å². The Bertz CT molecular complexity index is 584. The van der Waals surface area contributed by atoms with Crippen LogP contribution in [0.15, 0.2) is 24.3 Å². The van der Waals surface area contributed by atoms with E-state index in [4.69, 9.17) is 5.11 Å². The molecule has 0 radical (unpaired) electrons. The minimum atomic E-state index is -0.998. The average molecular weight is 219 g/mol. The van der Waals surface area contributed by atoms with Crippen molar-refractivity contribution in [3.8, 4) is 0 Å². The van der Waals surface area contributed by atoms with E-state index in [2.05, 4.69) is 0 Å². The molecule has 3 rings (SSSR count). The van der Waals surface area contributed by atoms with Crippen LogP contribution < -0.4 is 0 Å². The van der Waals surface area contributed by atoms with E-state index < -0.39 is 5.97 Å². The third-order valence-corrected chi connectivity index (χ3v) is 2.96. The number of benzene rings is 1. The lowest BCUT2D eigenvalue weighted by atomic mass is 10.2. The van der Waals surface area contributed by atoms with Crippen LogP contribution in [0.2, 0.25) is 0 Å². The van der Waals surface area contributed by atoms with Gasteiger partial charge in [-0.3, -0.25) is 0 Å². The Morgan fingerprint density at radius 2 is 2.19 bits per heavy atom. The molecule has 0 aliphatic heterocycles. The van der Waals surface area contributed by atoms with Crippen LogP contribution in [0.4, 0.5) is 4.39 Å². The van der Waals surface area contributed by atoms with Gasteiger partial charge in [0.05, 0.1) is 5.52 Å². The molecule has 1 saturated carbocycles. The second-order valence-electron chi connectivity index (χ2n) is 4.11. The number of halogens is 1. The van der Waals surface area contributed by atoms with Gasteiger partial charge >= 0.3 is 5.97 Å². The predicted molar refractivity (Wildman–Crippen MR) is 57.1 cm³/mol. The Hall–Kier alpha value is -1.84. The molecule has 1 aliphatic carbocycles. The van der Waals surface area contributed by atoms with E-state index in [-0.39, 0.29) is 17.6 Å². The smallest absolute Gasteiger partial charge is 0.352 e. The Labute approximate surface area is 91.1 Å². The van der Waals surface area contributed by atoms with Crippen LogP contribution >= 0.6 is 0 Å². The molecule has 0 saturated heterocycles. The van der Waals surface area contributed by atoms with Gasteiger partial charge in [0.2, 0.25) is 0 Å². The lowest BCUT2D eigenvalue weighted by Gasteiger charge is -2.05. The van der Waals surface area contributed by atoms with Crippen molar-refractivity contribution in [1.82, 2.24) is 4.57 Å². The van der Waals surface area contributed by atoms with Crippen LogP contribution in [0.5, 0.6) is 0 Å². The van der Waals surface area contributed by atoms with Gasteiger partial charge in [-0.05, 0) is 31.0 Å². The van der Waals surface area contributed by atoms with Gasteiger partial charge in [0.25, 0.3) is 0 Å². The quantitative estimate of drug-likeness (QED) is 0.843. The van der Waals surface area contributed by atoms with Crippen LogP contribution in [-0.4, -0.2) is 15.6 Å². The first-order valence-corrected chi connectivity index (χ1v) is 5.21. The van der Waals surface area contributed by atoms with Gasteiger partial charge in [0.1, 0.15) is 11.5 Å². The van der Waals surface area contributed by atoms with E-state index in [1.807, 2.05) is 0 Å². The summed E-state index contributed by atoms with van der Waals surface area (Å²) in [5.41, 5.74) is 0.863. The number of hydrogen-bond acceptors (Lipinski definition) is 1. The van der Waals surface area contributed by atoms with E-state index in [0.29, 0.717) is 10.9 Å². The summed E-state index contributed by atoms with van der Waals surface area (Å²) in [6.45, 7) is 0. The summed E-state index contributed by atoms with van der Waals surface area (Å²) in [4.78, 5) is 11.1. The molecule has 1 aromatic carbocycles. The summed E-state index contributed by atoms with van der Waals surface area (Å²) < 4.78 is 15.3. The first-order valence-electron chi connectivity index (χ1n) is 5.21. The third kappa shape index (κ3) is 1.23. The fraction of sp³-hybridized carbons (Fsp3) is 0.250. The first kappa shape index (κ1) is 9.39. The minimum Gasteiger partial charge on any atom is -0.477 e. The highest BCUT2D eigenvalue weighted by molar-refractivity contribution is 5.95. The van der Waals surface area contributed by atoms with Crippen molar-refractivity contribution in [2.45, 2.75) is 18.9 Å². The molecule has 1 heterocycles. The van der Waals surface area contributed by atoms with E-state index in [0.717, 1.165) is 12.8 Å². The Balaban J connectivity index is 2.37. The van der Waals surface area contributed by atoms with Crippen LogP contribution in [-0.2, 0) is 0 Å². The van der Waals surface area contributed by atoms with Crippen molar-refractivity contribution in [1.29, 1.82) is 0 Å². The molecule has 0 amide bonds. The highest BCUT2D eigenvalue weighted by atomic mass is 19.1. The van der Waals surface area contributed by atoms with Crippen molar-refractivity contribution >= 4 is 16.9 Å². The zero-order valence-electron chi connectivity index (χ0n) is 8.48. The molecule has 4 heteroatoms. The summed E-state index contributed by atoms with van der Waals surface area (Å²) in [6.07, 6.45) is 1.95. The summed E-state index contributed by atoms with van der Waals surface area (Å²) in [6, 6.07) is 6.38. The highest BCUT2D eigenvalue weighted by Crippen LogP contribution is 2.39. The second kappa shape index (κ2) is 3.07. The zero-order chi connectivity index (χ0) is 11.3. The number of hydrogen-bond donors (Lipinski definition) is 1.